The first kappa shape index (κ1) is 23.8. The third kappa shape index (κ3) is 6.81. The minimum atomic E-state index is -0.368. The van der Waals surface area contributed by atoms with Crippen molar-refractivity contribution >= 4 is 23.2 Å². The predicted molar refractivity (Wildman–Crippen MR) is 127 cm³/mol. The number of carbonyl (C=O) groups excluding carboxylic acids is 2. The highest BCUT2D eigenvalue weighted by Crippen LogP contribution is 2.27. The van der Waals surface area contributed by atoms with Crippen LogP contribution in [0.15, 0.2) is 48.5 Å². The predicted octanol–water partition coefficient (Wildman–Crippen LogP) is 5.19. The van der Waals surface area contributed by atoms with Gasteiger partial charge in [0.05, 0.1) is 0 Å². The number of piperazine rings is 1. The zero-order valence-corrected chi connectivity index (χ0v) is 19.5. The standard InChI is InChI=1S/C26H34FN3O2/c1-19(18-26(2,3)4)17-24(31)30-15-13-29(14-16-30)23-11-9-22(10-12-23)28-25(32)20-5-7-21(27)8-6-20/h5-12,19H,13-18H2,1-4H3,(H,28,32). The zero-order valence-electron chi connectivity index (χ0n) is 19.5. The molecular formula is C26H34FN3O2. The third-order valence-electron chi connectivity index (χ3n) is 5.71. The highest BCUT2D eigenvalue weighted by atomic mass is 19.1. The van der Waals surface area contributed by atoms with Gasteiger partial charge in [0, 0.05) is 49.5 Å². The Hall–Kier alpha value is -2.89. The Morgan fingerprint density at radius 2 is 1.56 bits per heavy atom. The maximum absolute atomic E-state index is 13.0. The third-order valence-corrected chi connectivity index (χ3v) is 5.71. The Bertz CT molecular complexity index is 912. The lowest BCUT2D eigenvalue weighted by molar-refractivity contribution is -0.132. The molecule has 1 aliphatic heterocycles. The Morgan fingerprint density at radius 1 is 0.969 bits per heavy atom. The van der Waals surface area contributed by atoms with Gasteiger partial charge in [0.25, 0.3) is 5.91 Å². The van der Waals surface area contributed by atoms with Gasteiger partial charge in [0.1, 0.15) is 5.82 Å². The SMILES string of the molecule is CC(CC(=O)N1CCN(c2ccc(NC(=O)c3ccc(F)cc3)cc2)CC1)CC(C)(C)C. The fourth-order valence-corrected chi connectivity index (χ4v) is 4.32. The summed E-state index contributed by atoms with van der Waals surface area (Å²) in [7, 11) is 0. The summed E-state index contributed by atoms with van der Waals surface area (Å²) in [5.74, 6) is -0.00358. The van der Waals surface area contributed by atoms with Gasteiger partial charge < -0.3 is 15.1 Å². The van der Waals surface area contributed by atoms with Gasteiger partial charge in [-0.05, 0) is 66.3 Å². The zero-order chi connectivity index (χ0) is 23.3. The molecule has 1 unspecified atom stereocenters. The van der Waals surface area contributed by atoms with Crippen LogP contribution in [0.1, 0.15) is 50.9 Å². The number of halogens is 1. The monoisotopic (exact) mass is 439 g/mol. The molecule has 1 atom stereocenters. The minimum Gasteiger partial charge on any atom is -0.368 e. The molecular weight excluding hydrogens is 405 g/mol. The molecule has 0 saturated carbocycles. The lowest BCUT2D eigenvalue weighted by Gasteiger charge is -2.37. The van der Waals surface area contributed by atoms with Crippen molar-refractivity contribution < 1.29 is 14.0 Å². The summed E-state index contributed by atoms with van der Waals surface area (Å²) in [5.41, 5.74) is 2.40. The highest BCUT2D eigenvalue weighted by Gasteiger charge is 2.24. The molecule has 1 N–H and O–H groups in total. The number of nitrogens with one attached hydrogen (secondary N) is 1. The van der Waals surface area contributed by atoms with Crippen LogP contribution in [0.25, 0.3) is 0 Å². The van der Waals surface area contributed by atoms with E-state index in [1.807, 2.05) is 29.2 Å². The second-order valence-electron chi connectivity index (χ2n) is 9.95. The van der Waals surface area contributed by atoms with E-state index in [4.69, 9.17) is 0 Å². The molecule has 172 valence electrons. The second-order valence-corrected chi connectivity index (χ2v) is 9.95. The Labute approximate surface area is 190 Å². The van der Waals surface area contributed by atoms with Crippen LogP contribution < -0.4 is 10.2 Å². The van der Waals surface area contributed by atoms with E-state index in [-0.39, 0.29) is 23.0 Å². The van der Waals surface area contributed by atoms with Gasteiger partial charge in [0.2, 0.25) is 5.91 Å². The van der Waals surface area contributed by atoms with E-state index in [0.717, 1.165) is 38.3 Å². The normalized spacial score (nSPS) is 15.4. The molecule has 0 bridgehead atoms. The molecule has 2 aromatic rings. The fourth-order valence-electron chi connectivity index (χ4n) is 4.32. The Kier molecular flexibility index (Phi) is 7.54. The molecule has 1 saturated heterocycles. The fraction of sp³-hybridized carbons (Fsp3) is 0.462. The molecule has 32 heavy (non-hydrogen) atoms. The number of carbonyl (C=O) groups is 2. The van der Waals surface area contributed by atoms with E-state index >= 15 is 0 Å². The largest absolute Gasteiger partial charge is 0.368 e. The lowest BCUT2D eigenvalue weighted by Crippen LogP contribution is -2.49. The molecule has 1 fully saturated rings. The Balaban J connectivity index is 1.49. The van der Waals surface area contributed by atoms with Crippen LogP contribution in [-0.4, -0.2) is 42.9 Å². The van der Waals surface area contributed by atoms with Crippen molar-refractivity contribution in [3.05, 3.63) is 59.9 Å². The maximum atomic E-state index is 13.0. The number of benzene rings is 2. The van der Waals surface area contributed by atoms with Crippen LogP contribution in [0.4, 0.5) is 15.8 Å². The summed E-state index contributed by atoms with van der Waals surface area (Å²) in [5, 5.41) is 2.83. The molecule has 2 aromatic carbocycles. The quantitative estimate of drug-likeness (QED) is 0.674. The van der Waals surface area contributed by atoms with Crippen molar-refractivity contribution in [2.24, 2.45) is 11.3 Å². The van der Waals surface area contributed by atoms with E-state index in [0.29, 0.717) is 23.6 Å². The number of hydrogen-bond donors (Lipinski definition) is 1. The van der Waals surface area contributed by atoms with Gasteiger partial charge in [-0.15, -0.1) is 0 Å². The van der Waals surface area contributed by atoms with E-state index in [1.165, 1.54) is 24.3 Å². The second kappa shape index (κ2) is 10.2. The van der Waals surface area contributed by atoms with Crippen molar-refractivity contribution in [1.82, 2.24) is 4.90 Å². The van der Waals surface area contributed by atoms with Crippen molar-refractivity contribution in [3.8, 4) is 0 Å². The van der Waals surface area contributed by atoms with E-state index in [2.05, 4.69) is 37.9 Å². The van der Waals surface area contributed by atoms with Gasteiger partial charge in [-0.2, -0.15) is 0 Å². The summed E-state index contributed by atoms with van der Waals surface area (Å²) in [6.07, 6.45) is 1.66. The van der Waals surface area contributed by atoms with Gasteiger partial charge in [-0.3, -0.25) is 9.59 Å². The minimum absolute atomic E-state index is 0.239. The first-order chi connectivity index (χ1) is 15.1. The van der Waals surface area contributed by atoms with Crippen molar-refractivity contribution in [3.63, 3.8) is 0 Å². The average molecular weight is 440 g/mol. The molecule has 0 radical (unpaired) electrons. The molecule has 1 heterocycles. The first-order valence-electron chi connectivity index (χ1n) is 11.3. The van der Waals surface area contributed by atoms with Crippen LogP contribution in [0, 0.1) is 17.2 Å². The number of anilines is 2. The van der Waals surface area contributed by atoms with Crippen molar-refractivity contribution in [2.75, 3.05) is 36.4 Å². The topological polar surface area (TPSA) is 52.7 Å². The Morgan fingerprint density at radius 3 is 2.12 bits per heavy atom. The van der Waals surface area contributed by atoms with E-state index in [9.17, 15) is 14.0 Å². The number of nitrogens with zero attached hydrogens (tertiary/aromatic N) is 2. The number of amides is 2. The lowest BCUT2D eigenvalue weighted by atomic mass is 9.84. The van der Waals surface area contributed by atoms with Crippen molar-refractivity contribution in [1.29, 1.82) is 0 Å². The van der Waals surface area contributed by atoms with E-state index < -0.39 is 0 Å². The molecule has 5 nitrogen and oxygen atoms in total. The molecule has 0 aliphatic carbocycles. The number of rotatable bonds is 6. The molecule has 0 aromatic heterocycles. The summed E-state index contributed by atoms with van der Waals surface area (Å²) in [6, 6.07) is 13.1. The van der Waals surface area contributed by atoms with Gasteiger partial charge in [0.15, 0.2) is 0 Å². The van der Waals surface area contributed by atoms with Gasteiger partial charge >= 0.3 is 0 Å². The summed E-state index contributed by atoms with van der Waals surface area (Å²) < 4.78 is 13.0. The molecule has 6 heteroatoms. The van der Waals surface area contributed by atoms with Crippen LogP contribution >= 0.6 is 0 Å². The van der Waals surface area contributed by atoms with Gasteiger partial charge in [-0.25, -0.2) is 4.39 Å². The summed E-state index contributed by atoms with van der Waals surface area (Å²) in [4.78, 5) is 29.2. The highest BCUT2D eigenvalue weighted by molar-refractivity contribution is 6.04. The molecule has 2 amide bonds. The van der Waals surface area contributed by atoms with Crippen LogP contribution in [0.3, 0.4) is 0 Å². The van der Waals surface area contributed by atoms with Gasteiger partial charge in [-0.1, -0.05) is 27.7 Å². The van der Waals surface area contributed by atoms with Crippen LogP contribution in [0.5, 0.6) is 0 Å². The average Bonchev–Trinajstić information content (AvgIpc) is 2.73. The number of hydrogen-bond acceptors (Lipinski definition) is 3. The van der Waals surface area contributed by atoms with E-state index in [1.54, 1.807) is 0 Å². The van der Waals surface area contributed by atoms with Crippen molar-refractivity contribution in [2.45, 2.75) is 40.5 Å². The summed E-state index contributed by atoms with van der Waals surface area (Å²) in [6.45, 7) is 11.8. The molecule has 0 spiro atoms. The summed E-state index contributed by atoms with van der Waals surface area (Å²) >= 11 is 0. The molecule has 1 aliphatic rings. The maximum Gasteiger partial charge on any atom is 0.255 e. The first-order valence-corrected chi connectivity index (χ1v) is 11.3. The van der Waals surface area contributed by atoms with Crippen LogP contribution in [-0.2, 0) is 4.79 Å². The molecule has 3 rings (SSSR count). The van der Waals surface area contributed by atoms with Crippen LogP contribution in [0.2, 0.25) is 0 Å². The smallest absolute Gasteiger partial charge is 0.255 e.